The summed E-state index contributed by atoms with van der Waals surface area (Å²) in [5.74, 6) is 0.269. The Labute approximate surface area is 70.4 Å². The van der Waals surface area contributed by atoms with Gasteiger partial charge in [0.05, 0.1) is 11.8 Å². The lowest BCUT2D eigenvalue weighted by Crippen LogP contribution is -2.16. The zero-order chi connectivity index (χ0) is 9.14. The van der Waals surface area contributed by atoms with Crippen LogP contribution in [-0.4, -0.2) is 11.1 Å². The van der Waals surface area contributed by atoms with Crippen LogP contribution in [-0.2, 0) is 0 Å². The summed E-state index contributed by atoms with van der Waals surface area (Å²) >= 11 is 0. The van der Waals surface area contributed by atoms with E-state index >= 15 is 0 Å². The number of nitrogen functional groups attached to an aromatic ring is 1. The minimum Gasteiger partial charge on any atom is -0.485 e. The van der Waals surface area contributed by atoms with Crippen LogP contribution in [0.1, 0.15) is 13.8 Å². The Balaban J connectivity index is 3.01. The largest absolute Gasteiger partial charge is 0.485 e. The second-order valence-corrected chi connectivity index (χ2v) is 2.77. The molecule has 0 unspecified atom stereocenters. The van der Waals surface area contributed by atoms with Crippen LogP contribution >= 0.6 is 0 Å². The maximum atomic E-state index is 11.2. The molecular weight excluding hydrogens is 156 g/mol. The molecule has 0 saturated carbocycles. The lowest BCUT2D eigenvalue weighted by Gasteiger charge is -2.08. The molecule has 1 heterocycles. The SMILES string of the molecule is CC(C)Oc1c[nH]cc(N)c1=O. The average Bonchev–Trinajstić information content (AvgIpc) is 1.98. The van der Waals surface area contributed by atoms with E-state index in [1.54, 1.807) is 0 Å². The van der Waals surface area contributed by atoms with E-state index in [2.05, 4.69) is 4.98 Å². The van der Waals surface area contributed by atoms with E-state index in [4.69, 9.17) is 10.5 Å². The summed E-state index contributed by atoms with van der Waals surface area (Å²) in [7, 11) is 0. The minimum atomic E-state index is -0.262. The highest BCUT2D eigenvalue weighted by molar-refractivity contribution is 5.40. The molecule has 1 rings (SSSR count). The number of nitrogens with two attached hydrogens (primary N) is 1. The number of aromatic nitrogens is 1. The standard InChI is InChI=1S/C8H12N2O2/c1-5(2)12-7-4-10-3-6(9)8(7)11/h3-5H,9H2,1-2H3,(H,10,11). The summed E-state index contributed by atoms with van der Waals surface area (Å²) < 4.78 is 5.20. The van der Waals surface area contributed by atoms with E-state index in [0.29, 0.717) is 0 Å². The molecular formula is C8H12N2O2. The van der Waals surface area contributed by atoms with E-state index in [9.17, 15) is 4.79 Å². The maximum Gasteiger partial charge on any atom is 0.246 e. The van der Waals surface area contributed by atoms with Crippen molar-refractivity contribution < 1.29 is 4.74 Å². The summed E-state index contributed by atoms with van der Waals surface area (Å²) in [5.41, 5.74) is 5.29. The van der Waals surface area contributed by atoms with Crippen LogP contribution in [0.15, 0.2) is 17.2 Å². The number of H-pyrrole nitrogens is 1. The molecule has 0 saturated heterocycles. The summed E-state index contributed by atoms with van der Waals surface area (Å²) in [5, 5.41) is 0. The number of rotatable bonds is 2. The molecule has 0 aliphatic rings. The third kappa shape index (κ3) is 1.78. The first-order valence-corrected chi connectivity index (χ1v) is 3.74. The molecule has 1 aromatic rings. The first-order valence-electron chi connectivity index (χ1n) is 3.74. The number of anilines is 1. The average molecular weight is 168 g/mol. The molecule has 12 heavy (non-hydrogen) atoms. The minimum absolute atomic E-state index is 0.0205. The topological polar surface area (TPSA) is 68.1 Å². The Morgan fingerprint density at radius 1 is 1.50 bits per heavy atom. The van der Waals surface area contributed by atoms with Crippen LogP contribution in [0.5, 0.6) is 5.75 Å². The number of pyridine rings is 1. The first-order chi connectivity index (χ1) is 5.61. The molecule has 0 aliphatic carbocycles. The highest BCUT2D eigenvalue weighted by atomic mass is 16.5. The van der Waals surface area contributed by atoms with Gasteiger partial charge in [-0.05, 0) is 13.8 Å². The van der Waals surface area contributed by atoms with Gasteiger partial charge in [-0.1, -0.05) is 0 Å². The molecule has 0 aliphatic heterocycles. The van der Waals surface area contributed by atoms with Gasteiger partial charge < -0.3 is 15.5 Å². The van der Waals surface area contributed by atoms with E-state index in [1.807, 2.05) is 13.8 Å². The van der Waals surface area contributed by atoms with Crippen LogP contribution in [0.3, 0.4) is 0 Å². The molecule has 66 valence electrons. The van der Waals surface area contributed by atoms with Crippen LogP contribution in [0.2, 0.25) is 0 Å². The van der Waals surface area contributed by atoms with Gasteiger partial charge in [0.15, 0.2) is 5.75 Å². The van der Waals surface area contributed by atoms with Gasteiger partial charge in [0.1, 0.15) is 0 Å². The number of aromatic amines is 1. The molecule has 0 atom stereocenters. The Bertz CT molecular complexity index is 317. The van der Waals surface area contributed by atoms with Gasteiger partial charge in [-0.2, -0.15) is 0 Å². The van der Waals surface area contributed by atoms with Crippen LogP contribution in [0, 0.1) is 0 Å². The number of hydrogen-bond donors (Lipinski definition) is 2. The van der Waals surface area contributed by atoms with Gasteiger partial charge in [-0.25, -0.2) is 0 Å². The lowest BCUT2D eigenvalue weighted by molar-refractivity contribution is 0.239. The van der Waals surface area contributed by atoms with Crippen molar-refractivity contribution in [1.29, 1.82) is 0 Å². The molecule has 4 nitrogen and oxygen atoms in total. The van der Waals surface area contributed by atoms with Crippen molar-refractivity contribution in [2.24, 2.45) is 0 Å². The van der Waals surface area contributed by atoms with Crippen molar-refractivity contribution in [2.75, 3.05) is 5.73 Å². The molecule has 4 heteroatoms. The Morgan fingerprint density at radius 2 is 2.17 bits per heavy atom. The normalized spacial score (nSPS) is 10.2. The second-order valence-electron chi connectivity index (χ2n) is 2.77. The summed E-state index contributed by atoms with van der Waals surface area (Å²) in [4.78, 5) is 14.0. The third-order valence-electron chi connectivity index (χ3n) is 1.30. The predicted molar refractivity (Wildman–Crippen MR) is 47.2 cm³/mol. The number of hydrogen-bond acceptors (Lipinski definition) is 3. The molecule has 0 radical (unpaired) electrons. The zero-order valence-corrected chi connectivity index (χ0v) is 7.13. The smallest absolute Gasteiger partial charge is 0.246 e. The molecule has 1 aromatic heterocycles. The van der Waals surface area contributed by atoms with Crippen molar-refractivity contribution >= 4 is 5.69 Å². The highest BCUT2D eigenvalue weighted by Gasteiger charge is 2.04. The zero-order valence-electron chi connectivity index (χ0n) is 7.13. The first kappa shape index (κ1) is 8.64. The monoisotopic (exact) mass is 168 g/mol. The fourth-order valence-corrected chi connectivity index (χ4v) is 0.822. The van der Waals surface area contributed by atoms with E-state index in [1.165, 1.54) is 12.4 Å². The fourth-order valence-electron chi connectivity index (χ4n) is 0.822. The van der Waals surface area contributed by atoms with Gasteiger partial charge in [0, 0.05) is 12.4 Å². The highest BCUT2D eigenvalue weighted by Crippen LogP contribution is 2.05. The number of ether oxygens (including phenoxy) is 1. The summed E-state index contributed by atoms with van der Waals surface area (Å²) in [6, 6.07) is 0. The van der Waals surface area contributed by atoms with Crippen molar-refractivity contribution in [2.45, 2.75) is 20.0 Å². The van der Waals surface area contributed by atoms with Crippen molar-refractivity contribution in [3.63, 3.8) is 0 Å². The molecule has 3 N–H and O–H groups in total. The Kier molecular flexibility index (Phi) is 2.38. The van der Waals surface area contributed by atoms with Crippen LogP contribution in [0.25, 0.3) is 0 Å². The van der Waals surface area contributed by atoms with Crippen molar-refractivity contribution in [1.82, 2.24) is 4.98 Å². The quantitative estimate of drug-likeness (QED) is 0.684. The summed E-state index contributed by atoms with van der Waals surface area (Å²) in [6.07, 6.45) is 2.92. The predicted octanol–water partition coefficient (Wildman–Crippen LogP) is 0.744. The van der Waals surface area contributed by atoms with Gasteiger partial charge >= 0.3 is 0 Å². The van der Waals surface area contributed by atoms with Gasteiger partial charge in [0.25, 0.3) is 0 Å². The molecule has 0 fully saturated rings. The van der Waals surface area contributed by atoms with Gasteiger partial charge in [0.2, 0.25) is 5.43 Å². The lowest BCUT2D eigenvalue weighted by atomic mass is 10.4. The Hall–Kier alpha value is -1.45. The fraction of sp³-hybridized carbons (Fsp3) is 0.375. The van der Waals surface area contributed by atoms with E-state index in [-0.39, 0.29) is 23.0 Å². The van der Waals surface area contributed by atoms with E-state index in [0.717, 1.165) is 0 Å². The van der Waals surface area contributed by atoms with Gasteiger partial charge in [-0.15, -0.1) is 0 Å². The van der Waals surface area contributed by atoms with Crippen molar-refractivity contribution in [3.05, 3.63) is 22.6 Å². The molecule has 0 amide bonds. The third-order valence-corrected chi connectivity index (χ3v) is 1.30. The van der Waals surface area contributed by atoms with E-state index < -0.39 is 0 Å². The molecule has 0 bridgehead atoms. The van der Waals surface area contributed by atoms with Gasteiger partial charge in [-0.3, -0.25) is 4.79 Å². The van der Waals surface area contributed by atoms with Crippen molar-refractivity contribution in [3.8, 4) is 5.75 Å². The summed E-state index contributed by atoms with van der Waals surface area (Å²) in [6.45, 7) is 3.70. The number of nitrogens with one attached hydrogen (secondary N) is 1. The Morgan fingerprint density at radius 3 is 2.75 bits per heavy atom. The van der Waals surface area contributed by atoms with Crippen LogP contribution < -0.4 is 15.9 Å². The second kappa shape index (κ2) is 3.30. The van der Waals surface area contributed by atoms with Crippen LogP contribution in [0.4, 0.5) is 5.69 Å². The maximum absolute atomic E-state index is 11.2. The molecule has 0 aromatic carbocycles. The molecule has 0 spiro atoms.